The van der Waals surface area contributed by atoms with Crippen molar-refractivity contribution in [3.05, 3.63) is 70.8 Å². The van der Waals surface area contributed by atoms with Crippen LogP contribution in [0.2, 0.25) is 0 Å². The van der Waals surface area contributed by atoms with Gasteiger partial charge in [-0.15, -0.1) is 0 Å². The lowest BCUT2D eigenvalue weighted by Gasteiger charge is -2.51. The fraction of sp³-hybridized carbons (Fsp3) is 0.644. The Hall–Kier alpha value is -2.44. The lowest BCUT2D eigenvalue weighted by atomic mass is 9.53. The summed E-state index contributed by atoms with van der Waals surface area (Å²) in [6, 6.07) is 17.8. The maximum absolute atomic E-state index is 3.72. The maximum Gasteiger partial charge on any atom is 0.0319 e. The molecule has 4 bridgehead atoms. The molecular formula is C45H62. The first-order valence-corrected chi connectivity index (χ1v) is 19.1. The van der Waals surface area contributed by atoms with Gasteiger partial charge in [0, 0.05) is 22.0 Å². The summed E-state index contributed by atoms with van der Waals surface area (Å²) in [4.78, 5) is 0. The van der Waals surface area contributed by atoms with Gasteiger partial charge in [-0.1, -0.05) is 114 Å². The van der Waals surface area contributed by atoms with Crippen molar-refractivity contribution in [2.75, 3.05) is 0 Å². The van der Waals surface area contributed by atoms with Crippen molar-refractivity contribution in [3.63, 3.8) is 0 Å². The van der Waals surface area contributed by atoms with Crippen LogP contribution in [0.4, 0.5) is 0 Å². The normalized spacial score (nSPS) is 29.5. The van der Waals surface area contributed by atoms with E-state index in [4.69, 9.17) is 0 Å². The van der Waals surface area contributed by atoms with Crippen LogP contribution in [0.1, 0.15) is 172 Å². The predicted octanol–water partition coefficient (Wildman–Crippen LogP) is 12.7. The molecule has 2 aromatic carbocycles. The quantitative estimate of drug-likeness (QED) is 0.198. The summed E-state index contributed by atoms with van der Waals surface area (Å²) in [6.45, 7) is 9.12. The van der Waals surface area contributed by atoms with E-state index in [1.54, 1.807) is 0 Å². The van der Waals surface area contributed by atoms with Gasteiger partial charge < -0.3 is 0 Å². The van der Waals surface area contributed by atoms with E-state index in [0.717, 1.165) is 6.42 Å². The van der Waals surface area contributed by atoms with Gasteiger partial charge in [0.2, 0.25) is 0 Å². The number of aryl methyl sites for hydroxylation is 2. The summed E-state index contributed by atoms with van der Waals surface area (Å²) >= 11 is 0. The fourth-order valence-electron chi connectivity index (χ4n) is 9.01. The van der Waals surface area contributed by atoms with Gasteiger partial charge in [-0.05, 0) is 143 Å². The van der Waals surface area contributed by atoms with Gasteiger partial charge in [0.25, 0.3) is 0 Å². The summed E-state index contributed by atoms with van der Waals surface area (Å²) in [7, 11) is 0. The molecule has 8 rings (SSSR count). The molecule has 0 nitrogen and oxygen atoms in total. The van der Waals surface area contributed by atoms with E-state index in [1.807, 2.05) is 0 Å². The van der Waals surface area contributed by atoms with Gasteiger partial charge >= 0.3 is 0 Å². The third-order valence-electron chi connectivity index (χ3n) is 12.9. The lowest BCUT2D eigenvalue weighted by molar-refractivity contribution is 0.0185. The van der Waals surface area contributed by atoms with Crippen molar-refractivity contribution < 1.29 is 0 Å². The van der Waals surface area contributed by atoms with Crippen molar-refractivity contribution in [1.29, 1.82) is 0 Å². The Bertz CT molecular complexity index is 1280. The summed E-state index contributed by atoms with van der Waals surface area (Å²) in [5.74, 6) is 14.4. The standard InChI is InChI=1S/C24H34.C21H28/c1-3-5-6-7-13-23-15-18-24(19-16-23,20-17-23)14-12-22-10-8-21(4-2)9-11-22;1-3-5-18-6-8-19(9-7-18)10-11-21-15-12-20(4-2,13-16-21)14-17-21/h8-11H,3-7,13,15-20H2,1-2H3;6-9H,3-5,12-17H2,1-2H3. The summed E-state index contributed by atoms with van der Waals surface area (Å²) in [6.07, 6.45) is 28.6. The van der Waals surface area contributed by atoms with Crippen LogP contribution in [-0.4, -0.2) is 0 Å². The zero-order valence-electron chi connectivity index (χ0n) is 29.5. The number of benzene rings is 2. The summed E-state index contributed by atoms with van der Waals surface area (Å²) in [5.41, 5.74) is 7.30. The second kappa shape index (κ2) is 15.4. The number of unbranched alkanes of at least 4 members (excludes halogenated alkanes) is 3. The topological polar surface area (TPSA) is 0 Å². The Morgan fingerprint density at radius 2 is 0.956 bits per heavy atom. The highest BCUT2D eigenvalue weighted by atomic mass is 14.5. The highest BCUT2D eigenvalue weighted by molar-refractivity contribution is 5.39. The molecule has 6 aliphatic carbocycles. The van der Waals surface area contributed by atoms with Crippen LogP contribution in [0.15, 0.2) is 48.5 Å². The SMILES string of the molecule is CCCCCCC12CCC(C#Cc3ccc(CC)cc3)(CC1)CC2.CCCc1ccc(C#CC23CCC(CC)(CC2)CC3)cc1. The monoisotopic (exact) mass is 602 g/mol. The first-order chi connectivity index (χ1) is 21.9. The minimum absolute atomic E-state index is 0.342. The van der Waals surface area contributed by atoms with E-state index in [1.165, 1.54) is 151 Å². The molecule has 6 saturated carbocycles. The molecule has 0 saturated heterocycles. The van der Waals surface area contributed by atoms with Gasteiger partial charge in [-0.3, -0.25) is 0 Å². The molecule has 242 valence electrons. The van der Waals surface area contributed by atoms with Gasteiger partial charge in [-0.2, -0.15) is 0 Å². The number of rotatable bonds is 9. The van der Waals surface area contributed by atoms with Crippen LogP contribution in [0.25, 0.3) is 0 Å². The van der Waals surface area contributed by atoms with Crippen LogP contribution in [0.3, 0.4) is 0 Å². The van der Waals surface area contributed by atoms with E-state index in [0.29, 0.717) is 21.7 Å². The zero-order valence-corrected chi connectivity index (χ0v) is 29.5. The zero-order chi connectivity index (χ0) is 31.6. The second-order valence-electron chi connectivity index (χ2n) is 15.7. The Labute approximate surface area is 278 Å². The van der Waals surface area contributed by atoms with Crippen molar-refractivity contribution in [3.8, 4) is 23.7 Å². The Morgan fingerprint density at radius 1 is 0.489 bits per heavy atom. The third-order valence-corrected chi connectivity index (χ3v) is 12.9. The molecular weight excluding hydrogens is 540 g/mol. The molecule has 6 aliphatic rings. The fourth-order valence-corrected chi connectivity index (χ4v) is 9.01. The third kappa shape index (κ3) is 8.68. The minimum Gasteiger partial charge on any atom is -0.0911 e. The molecule has 0 aromatic heterocycles. The van der Waals surface area contributed by atoms with E-state index in [-0.39, 0.29) is 0 Å². The average molecular weight is 603 g/mol. The van der Waals surface area contributed by atoms with Gasteiger partial charge in [0.15, 0.2) is 0 Å². The number of hydrogen-bond donors (Lipinski definition) is 0. The average Bonchev–Trinajstić information content (AvgIpc) is 3.11. The van der Waals surface area contributed by atoms with Crippen molar-refractivity contribution in [2.45, 2.75) is 163 Å². The van der Waals surface area contributed by atoms with E-state index < -0.39 is 0 Å². The highest BCUT2D eigenvalue weighted by Crippen LogP contribution is 2.59. The molecule has 0 heterocycles. The molecule has 0 N–H and O–H groups in total. The van der Waals surface area contributed by atoms with Crippen molar-refractivity contribution >= 4 is 0 Å². The molecule has 0 amide bonds. The molecule has 0 spiro atoms. The van der Waals surface area contributed by atoms with Gasteiger partial charge in [0.1, 0.15) is 0 Å². The smallest absolute Gasteiger partial charge is 0.0319 e. The minimum atomic E-state index is 0.342. The second-order valence-corrected chi connectivity index (χ2v) is 15.7. The van der Waals surface area contributed by atoms with E-state index >= 15 is 0 Å². The number of hydrogen-bond acceptors (Lipinski definition) is 0. The van der Waals surface area contributed by atoms with E-state index in [9.17, 15) is 0 Å². The van der Waals surface area contributed by atoms with Gasteiger partial charge in [0.05, 0.1) is 0 Å². The molecule has 2 aromatic rings. The van der Waals surface area contributed by atoms with Gasteiger partial charge in [-0.25, -0.2) is 0 Å². The van der Waals surface area contributed by atoms with Crippen LogP contribution in [-0.2, 0) is 12.8 Å². The molecule has 0 aliphatic heterocycles. The molecule has 0 radical (unpaired) electrons. The lowest BCUT2D eigenvalue weighted by Crippen LogP contribution is -2.40. The largest absolute Gasteiger partial charge is 0.0911 e. The van der Waals surface area contributed by atoms with E-state index in [2.05, 4.69) is 99.9 Å². The van der Waals surface area contributed by atoms with Crippen LogP contribution in [0.5, 0.6) is 0 Å². The van der Waals surface area contributed by atoms with Crippen LogP contribution in [0, 0.1) is 45.3 Å². The molecule has 0 unspecified atom stereocenters. The molecule has 0 atom stereocenters. The van der Waals surface area contributed by atoms with Crippen LogP contribution < -0.4 is 0 Å². The number of fused-ring (bicyclic) bond motifs is 6. The first-order valence-electron chi connectivity index (χ1n) is 19.1. The Balaban J connectivity index is 0.000000179. The Kier molecular flexibility index (Phi) is 11.6. The molecule has 0 heteroatoms. The maximum atomic E-state index is 3.72. The summed E-state index contributed by atoms with van der Waals surface area (Å²) in [5, 5.41) is 0. The molecule has 6 fully saturated rings. The van der Waals surface area contributed by atoms with Crippen LogP contribution >= 0.6 is 0 Å². The van der Waals surface area contributed by atoms with Crippen molar-refractivity contribution in [2.24, 2.45) is 21.7 Å². The Morgan fingerprint density at radius 3 is 1.38 bits per heavy atom. The highest BCUT2D eigenvalue weighted by Gasteiger charge is 2.48. The first kappa shape index (κ1) is 33.9. The predicted molar refractivity (Wildman–Crippen MR) is 194 cm³/mol. The summed E-state index contributed by atoms with van der Waals surface area (Å²) < 4.78 is 0. The molecule has 45 heavy (non-hydrogen) atoms. The van der Waals surface area contributed by atoms with Crippen molar-refractivity contribution in [1.82, 2.24) is 0 Å².